The minimum atomic E-state index is -0.694. The van der Waals surface area contributed by atoms with Crippen LogP contribution in [-0.4, -0.2) is 53.3 Å². The number of hydrogen-bond acceptors (Lipinski definition) is 3. The van der Waals surface area contributed by atoms with Crippen molar-refractivity contribution in [1.29, 1.82) is 0 Å². The summed E-state index contributed by atoms with van der Waals surface area (Å²) in [5.41, 5.74) is 1.28. The average Bonchev–Trinajstić information content (AvgIpc) is 2.94. The summed E-state index contributed by atoms with van der Waals surface area (Å²) in [5.74, 6) is -0.358. The maximum atomic E-state index is 13.2. The van der Waals surface area contributed by atoms with E-state index in [-0.39, 0.29) is 42.9 Å². The highest BCUT2D eigenvalue weighted by Gasteiger charge is 2.43. The summed E-state index contributed by atoms with van der Waals surface area (Å²) in [5, 5.41) is 6.36. The van der Waals surface area contributed by atoms with Gasteiger partial charge in [0.1, 0.15) is 0 Å². The summed E-state index contributed by atoms with van der Waals surface area (Å²) in [6, 6.07) is 4.09. The lowest BCUT2D eigenvalue weighted by Crippen LogP contribution is -2.45. The molecule has 7 nitrogen and oxygen atoms in total. The minimum absolute atomic E-state index is 0.132. The first kappa shape index (κ1) is 21.5. The van der Waals surface area contributed by atoms with E-state index in [0.717, 1.165) is 0 Å². The monoisotopic (exact) mass is 438 g/mol. The summed E-state index contributed by atoms with van der Waals surface area (Å²) in [6.45, 7) is 6.22. The Bertz CT molecular complexity index is 907. The number of amides is 4. The Labute approximate surface area is 180 Å². The number of rotatable bonds is 4. The zero-order chi connectivity index (χ0) is 21.5. The average molecular weight is 439 g/mol. The van der Waals surface area contributed by atoms with E-state index in [9.17, 15) is 14.4 Å². The molecular weight excluding hydrogens is 415 g/mol. The number of urea groups is 1. The number of halogens is 2. The molecule has 1 unspecified atom stereocenters. The Morgan fingerprint density at radius 2 is 1.97 bits per heavy atom. The summed E-state index contributed by atoms with van der Waals surface area (Å²) >= 11 is 12.5. The molecule has 0 saturated heterocycles. The maximum Gasteiger partial charge on any atom is 0.322 e. The first-order chi connectivity index (χ1) is 13.5. The third kappa shape index (κ3) is 4.36. The van der Waals surface area contributed by atoms with E-state index in [2.05, 4.69) is 10.6 Å². The van der Waals surface area contributed by atoms with Crippen LogP contribution in [0.25, 0.3) is 0 Å². The molecule has 156 valence electrons. The molecule has 2 aliphatic rings. The Balaban J connectivity index is 1.84. The van der Waals surface area contributed by atoms with Crippen LogP contribution in [0.3, 0.4) is 0 Å². The van der Waals surface area contributed by atoms with Crippen LogP contribution in [0.5, 0.6) is 0 Å². The maximum absolute atomic E-state index is 13.2. The fraction of sp³-hybridized carbons (Fsp3) is 0.450. The van der Waals surface area contributed by atoms with Gasteiger partial charge in [-0.15, -0.1) is 0 Å². The first-order valence-corrected chi connectivity index (χ1v) is 10.1. The second kappa shape index (κ2) is 7.88. The van der Waals surface area contributed by atoms with Gasteiger partial charge in [0.25, 0.3) is 5.91 Å². The van der Waals surface area contributed by atoms with Crippen molar-refractivity contribution in [2.75, 3.05) is 20.1 Å². The molecular formula is C20H24Cl2N4O3. The number of carbonyl (C=O) groups excluding carboxylic acids is 3. The smallest absolute Gasteiger partial charge is 0.322 e. The molecule has 4 amide bonds. The van der Waals surface area contributed by atoms with Crippen LogP contribution in [-0.2, 0) is 9.59 Å². The molecule has 1 aromatic carbocycles. The summed E-state index contributed by atoms with van der Waals surface area (Å²) in [7, 11) is 1.61. The van der Waals surface area contributed by atoms with Gasteiger partial charge in [-0.2, -0.15) is 0 Å². The van der Waals surface area contributed by atoms with E-state index < -0.39 is 6.04 Å². The molecule has 1 aromatic rings. The summed E-state index contributed by atoms with van der Waals surface area (Å²) < 4.78 is 0. The molecule has 0 saturated carbocycles. The van der Waals surface area contributed by atoms with Crippen LogP contribution < -0.4 is 10.6 Å². The Hall–Kier alpha value is -2.25. The van der Waals surface area contributed by atoms with Gasteiger partial charge in [-0.3, -0.25) is 14.5 Å². The zero-order valence-electron chi connectivity index (χ0n) is 16.8. The Morgan fingerprint density at radius 3 is 2.62 bits per heavy atom. The topological polar surface area (TPSA) is 81.8 Å². The van der Waals surface area contributed by atoms with Crippen molar-refractivity contribution in [3.05, 3.63) is 45.1 Å². The van der Waals surface area contributed by atoms with Crippen molar-refractivity contribution >= 4 is 41.0 Å². The molecule has 29 heavy (non-hydrogen) atoms. The van der Waals surface area contributed by atoms with E-state index in [4.69, 9.17) is 23.2 Å². The highest BCUT2D eigenvalue weighted by Crippen LogP contribution is 2.39. The number of nitrogens with one attached hydrogen (secondary N) is 2. The molecule has 0 aromatic heterocycles. The minimum Gasteiger partial charge on any atom is -0.351 e. The van der Waals surface area contributed by atoms with Gasteiger partial charge in [0, 0.05) is 25.6 Å². The fourth-order valence-electron chi connectivity index (χ4n) is 3.50. The standard InChI is InChI=1S/C20H24Cl2N4O3/c1-20(2,3)24-14(27)8-9-26-10-13-15(18(26)28)17(23-19(29)25(13)4)11-6-5-7-12(21)16(11)22/h5-7,17H,8-10H2,1-4H3,(H,23,29)(H,24,27). The van der Waals surface area contributed by atoms with Gasteiger partial charge < -0.3 is 15.5 Å². The lowest BCUT2D eigenvalue weighted by atomic mass is 9.95. The largest absolute Gasteiger partial charge is 0.351 e. The van der Waals surface area contributed by atoms with Crippen LogP contribution in [0.1, 0.15) is 38.8 Å². The predicted molar refractivity (Wildman–Crippen MR) is 112 cm³/mol. The number of likely N-dealkylation sites (N-methyl/N-ethyl adjacent to an activating group) is 1. The first-order valence-electron chi connectivity index (χ1n) is 9.31. The lowest BCUT2D eigenvalue weighted by molar-refractivity contribution is -0.127. The van der Waals surface area contributed by atoms with Crippen LogP contribution in [0.2, 0.25) is 10.0 Å². The summed E-state index contributed by atoms with van der Waals surface area (Å²) in [6.07, 6.45) is 0.178. The molecule has 0 spiro atoms. The molecule has 0 radical (unpaired) electrons. The fourth-order valence-corrected chi connectivity index (χ4v) is 3.91. The van der Waals surface area contributed by atoms with Crippen LogP contribution in [0.15, 0.2) is 29.5 Å². The molecule has 0 bridgehead atoms. The van der Waals surface area contributed by atoms with Crippen molar-refractivity contribution in [3.8, 4) is 0 Å². The number of nitrogens with zero attached hydrogens (tertiary/aromatic N) is 2. The number of hydrogen-bond donors (Lipinski definition) is 2. The Morgan fingerprint density at radius 1 is 1.28 bits per heavy atom. The molecule has 2 aliphatic heterocycles. The molecule has 0 aliphatic carbocycles. The van der Waals surface area contributed by atoms with Crippen LogP contribution >= 0.6 is 23.2 Å². The van der Waals surface area contributed by atoms with Crippen molar-refractivity contribution in [2.24, 2.45) is 0 Å². The van der Waals surface area contributed by atoms with Crippen molar-refractivity contribution in [3.63, 3.8) is 0 Å². The zero-order valence-corrected chi connectivity index (χ0v) is 18.3. The van der Waals surface area contributed by atoms with Gasteiger partial charge in [-0.05, 0) is 32.4 Å². The highest BCUT2D eigenvalue weighted by atomic mass is 35.5. The quantitative estimate of drug-likeness (QED) is 0.757. The molecule has 3 rings (SSSR count). The SMILES string of the molecule is CN1C(=O)NC(c2cccc(Cl)c2Cl)C2=C1CN(CCC(=O)NC(C)(C)C)C2=O. The number of carbonyl (C=O) groups is 3. The summed E-state index contributed by atoms with van der Waals surface area (Å²) in [4.78, 5) is 40.8. The van der Waals surface area contributed by atoms with Gasteiger partial charge in [0.05, 0.1) is 33.9 Å². The van der Waals surface area contributed by atoms with Gasteiger partial charge >= 0.3 is 6.03 Å². The third-order valence-corrected chi connectivity index (χ3v) is 5.68. The second-order valence-corrected chi connectivity index (χ2v) is 9.00. The van der Waals surface area contributed by atoms with Crippen molar-refractivity contribution in [2.45, 2.75) is 38.8 Å². The molecule has 2 heterocycles. The predicted octanol–water partition coefficient (Wildman–Crippen LogP) is 3.09. The Kier molecular flexibility index (Phi) is 5.83. The van der Waals surface area contributed by atoms with Crippen LogP contribution in [0, 0.1) is 0 Å². The van der Waals surface area contributed by atoms with E-state index in [1.165, 1.54) is 4.90 Å². The highest BCUT2D eigenvalue weighted by molar-refractivity contribution is 6.42. The molecule has 9 heteroatoms. The normalized spacial score (nSPS) is 19.4. The van der Waals surface area contributed by atoms with Crippen molar-refractivity contribution in [1.82, 2.24) is 20.4 Å². The number of benzene rings is 1. The molecule has 0 fully saturated rings. The molecule has 2 N–H and O–H groups in total. The van der Waals surface area contributed by atoms with Gasteiger partial charge in [0.2, 0.25) is 5.91 Å². The van der Waals surface area contributed by atoms with E-state index in [0.29, 0.717) is 26.9 Å². The van der Waals surface area contributed by atoms with Gasteiger partial charge in [-0.1, -0.05) is 35.3 Å². The lowest BCUT2D eigenvalue weighted by Gasteiger charge is -2.31. The second-order valence-electron chi connectivity index (χ2n) is 8.22. The van der Waals surface area contributed by atoms with E-state index in [1.807, 2.05) is 20.8 Å². The van der Waals surface area contributed by atoms with Crippen molar-refractivity contribution < 1.29 is 14.4 Å². The van der Waals surface area contributed by atoms with Crippen LogP contribution in [0.4, 0.5) is 4.79 Å². The van der Waals surface area contributed by atoms with E-state index in [1.54, 1.807) is 30.1 Å². The van der Waals surface area contributed by atoms with Gasteiger partial charge in [-0.25, -0.2) is 4.79 Å². The molecule has 1 atom stereocenters. The third-order valence-electron chi connectivity index (χ3n) is 4.85. The van der Waals surface area contributed by atoms with E-state index >= 15 is 0 Å². The van der Waals surface area contributed by atoms with Gasteiger partial charge in [0.15, 0.2) is 0 Å².